The second-order valence-corrected chi connectivity index (χ2v) is 8.69. The standard InChI is InChI=1S/C20H27N3O3S.ClH/c1-15(2)16-3-5-17(6-4-16)23-12-11-22-13-18(23)14-26-19-7-9-20(10-8-19)27(21,24)25;/h3-10,15,18,22H,11-14H2,1-2H3,(H2,21,24,25);1H. The summed E-state index contributed by atoms with van der Waals surface area (Å²) in [5, 5.41) is 8.54. The lowest BCUT2D eigenvalue weighted by Gasteiger charge is -2.38. The van der Waals surface area contributed by atoms with Crippen LogP contribution in [0.3, 0.4) is 0 Å². The molecule has 0 bridgehead atoms. The zero-order chi connectivity index (χ0) is 19.4. The molecule has 2 aromatic rings. The Morgan fingerprint density at radius 3 is 2.36 bits per heavy atom. The van der Waals surface area contributed by atoms with E-state index in [2.05, 4.69) is 48.3 Å². The van der Waals surface area contributed by atoms with Crippen LogP contribution in [-0.4, -0.2) is 40.7 Å². The molecule has 0 saturated carbocycles. The van der Waals surface area contributed by atoms with Crippen molar-refractivity contribution >= 4 is 28.1 Å². The Morgan fingerprint density at radius 2 is 1.79 bits per heavy atom. The van der Waals surface area contributed by atoms with E-state index in [1.54, 1.807) is 12.1 Å². The second-order valence-electron chi connectivity index (χ2n) is 7.12. The SMILES string of the molecule is CC(C)c1ccc(N2CCNCC2COc2ccc(S(N)(=O)=O)cc2)cc1.Cl. The molecule has 1 fully saturated rings. The van der Waals surface area contributed by atoms with Crippen LogP contribution in [0.15, 0.2) is 53.4 Å². The Balaban J connectivity index is 0.00000280. The second kappa shape index (κ2) is 9.60. The van der Waals surface area contributed by atoms with Crippen LogP contribution >= 0.6 is 12.4 Å². The molecule has 154 valence electrons. The Bertz CT molecular complexity index is 855. The molecule has 3 rings (SSSR count). The van der Waals surface area contributed by atoms with Crippen LogP contribution in [0.5, 0.6) is 5.75 Å². The maximum atomic E-state index is 11.3. The lowest BCUT2D eigenvalue weighted by molar-refractivity contribution is 0.267. The largest absolute Gasteiger partial charge is 0.491 e. The van der Waals surface area contributed by atoms with E-state index in [1.807, 2.05) is 0 Å². The van der Waals surface area contributed by atoms with Gasteiger partial charge in [-0.25, -0.2) is 13.6 Å². The minimum Gasteiger partial charge on any atom is -0.491 e. The van der Waals surface area contributed by atoms with Gasteiger partial charge in [0.15, 0.2) is 0 Å². The van der Waals surface area contributed by atoms with Gasteiger partial charge in [-0.3, -0.25) is 0 Å². The van der Waals surface area contributed by atoms with Gasteiger partial charge in [0.05, 0.1) is 10.9 Å². The lowest BCUT2D eigenvalue weighted by Crippen LogP contribution is -2.54. The Hall–Kier alpha value is -1.80. The Labute approximate surface area is 173 Å². The highest BCUT2D eigenvalue weighted by Crippen LogP contribution is 2.23. The zero-order valence-corrected chi connectivity index (χ0v) is 17.8. The number of ether oxygens (including phenoxy) is 1. The predicted octanol–water partition coefficient (Wildman–Crippen LogP) is 2.74. The van der Waals surface area contributed by atoms with Gasteiger partial charge >= 0.3 is 0 Å². The summed E-state index contributed by atoms with van der Waals surface area (Å²) < 4.78 is 28.6. The van der Waals surface area contributed by atoms with Gasteiger partial charge < -0.3 is 15.0 Å². The molecule has 8 heteroatoms. The molecule has 2 aromatic carbocycles. The van der Waals surface area contributed by atoms with Gasteiger partial charge in [0, 0.05) is 25.3 Å². The third-order valence-electron chi connectivity index (χ3n) is 4.84. The van der Waals surface area contributed by atoms with E-state index in [0.717, 1.165) is 19.6 Å². The maximum absolute atomic E-state index is 11.3. The van der Waals surface area contributed by atoms with Gasteiger partial charge in [-0.05, 0) is 47.9 Å². The monoisotopic (exact) mass is 425 g/mol. The van der Waals surface area contributed by atoms with Crippen molar-refractivity contribution in [2.75, 3.05) is 31.1 Å². The third kappa shape index (κ3) is 5.61. The van der Waals surface area contributed by atoms with Crippen LogP contribution in [0.25, 0.3) is 0 Å². The summed E-state index contributed by atoms with van der Waals surface area (Å²) in [7, 11) is -3.68. The van der Waals surface area contributed by atoms with Crippen LogP contribution in [0.1, 0.15) is 25.3 Å². The van der Waals surface area contributed by atoms with Gasteiger partial charge in [0.2, 0.25) is 10.0 Å². The molecule has 1 atom stereocenters. The number of primary sulfonamides is 1. The quantitative estimate of drug-likeness (QED) is 0.743. The number of nitrogens with one attached hydrogen (secondary N) is 1. The van der Waals surface area contributed by atoms with Crippen molar-refractivity contribution in [3.8, 4) is 5.75 Å². The number of nitrogens with zero attached hydrogens (tertiary/aromatic N) is 1. The van der Waals surface area contributed by atoms with Gasteiger partial charge in [0.1, 0.15) is 12.4 Å². The van der Waals surface area contributed by atoms with Crippen molar-refractivity contribution in [1.82, 2.24) is 5.32 Å². The number of nitrogens with two attached hydrogens (primary N) is 1. The van der Waals surface area contributed by atoms with Crippen LogP contribution in [0.2, 0.25) is 0 Å². The number of benzene rings is 2. The summed E-state index contributed by atoms with van der Waals surface area (Å²) in [6, 6.07) is 15.1. The van der Waals surface area contributed by atoms with Gasteiger partial charge in [-0.1, -0.05) is 26.0 Å². The molecular formula is C20H28ClN3O3S. The fraction of sp³-hybridized carbons (Fsp3) is 0.400. The zero-order valence-electron chi connectivity index (χ0n) is 16.2. The molecule has 1 aliphatic heterocycles. The summed E-state index contributed by atoms with van der Waals surface area (Å²) in [4.78, 5) is 2.44. The van der Waals surface area contributed by atoms with Crippen molar-refractivity contribution in [2.24, 2.45) is 5.14 Å². The van der Waals surface area contributed by atoms with E-state index in [1.165, 1.54) is 23.4 Å². The molecule has 6 nitrogen and oxygen atoms in total. The summed E-state index contributed by atoms with van der Waals surface area (Å²) in [6.45, 7) is 7.58. The average molecular weight is 426 g/mol. The van der Waals surface area contributed by atoms with E-state index in [0.29, 0.717) is 18.3 Å². The highest BCUT2D eigenvalue weighted by Gasteiger charge is 2.23. The fourth-order valence-corrected chi connectivity index (χ4v) is 3.73. The van der Waals surface area contributed by atoms with Crippen LogP contribution < -0.4 is 20.1 Å². The summed E-state index contributed by atoms with van der Waals surface area (Å²) in [5.74, 6) is 1.14. The molecule has 0 radical (unpaired) electrons. The molecule has 1 unspecified atom stereocenters. The predicted molar refractivity (Wildman–Crippen MR) is 115 cm³/mol. The van der Waals surface area contributed by atoms with Crippen molar-refractivity contribution in [1.29, 1.82) is 0 Å². The third-order valence-corrected chi connectivity index (χ3v) is 5.77. The molecule has 0 spiro atoms. The van der Waals surface area contributed by atoms with E-state index in [9.17, 15) is 8.42 Å². The first-order valence-corrected chi connectivity index (χ1v) is 10.7. The molecule has 1 heterocycles. The average Bonchev–Trinajstić information content (AvgIpc) is 2.66. The summed E-state index contributed by atoms with van der Waals surface area (Å²) >= 11 is 0. The molecule has 1 aliphatic rings. The van der Waals surface area contributed by atoms with Gasteiger partial charge in [0.25, 0.3) is 0 Å². The first-order valence-electron chi connectivity index (χ1n) is 9.17. The van der Waals surface area contributed by atoms with E-state index in [4.69, 9.17) is 9.88 Å². The fourth-order valence-electron chi connectivity index (χ4n) is 3.22. The highest BCUT2D eigenvalue weighted by atomic mass is 35.5. The van der Waals surface area contributed by atoms with E-state index < -0.39 is 10.0 Å². The van der Waals surface area contributed by atoms with E-state index >= 15 is 0 Å². The molecular weight excluding hydrogens is 398 g/mol. The highest BCUT2D eigenvalue weighted by molar-refractivity contribution is 7.89. The normalized spacial score (nSPS) is 17.3. The van der Waals surface area contributed by atoms with E-state index in [-0.39, 0.29) is 23.3 Å². The number of hydrogen-bond acceptors (Lipinski definition) is 5. The summed E-state index contributed by atoms with van der Waals surface area (Å²) in [5.41, 5.74) is 2.52. The lowest BCUT2D eigenvalue weighted by atomic mass is 10.0. The molecule has 1 saturated heterocycles. The number of sulfonamides is 1. The number of hydrogen-bond donors (Lipinski definition) is 2. The summed E-state index contributed by atoms with van der Waals surface area (Å²) in [6.07, 6.45) is 0. The molecule has 0 aromatic heterocycles. The molecule has 0 aliphatic carbocycles. The van der Waals surface area contributed by atoms with Gasteiger partial charge in [-0.15, -0.1) is 12.4 Å². The van der Waals surface area contributed by atoms with Crippen molar-refractivity contribution in [2.45, 2.75) is 30.7 Å². The minimum atomic E-state index is -3.68. The molecule has 0 amide bonds. The van der Waals surface area contributed by atoms with Gasteiger partial charge in [-0.2, -0.15) is 0 Å². The first-order chi connectivity index (χ1) is 12.8. The number of halogens is 1. The minimum absolute atomic E-state index is 0. The maximum Gasteiger partial charge on any atom is 0.238 e. The van der Waals surface area contributed by atoms with Crippen molar-refractivity contribution in [3.63, 3.8) is 0 Å². The van der Waals surface area contributed by atoms with Crippen LogP contribution in [-0.2, 0) is 10.0 Å². The topological polar surface area (TPSA) is 84.7 Å². The molecule has 28 heavy (non-hydrogen) atoms. The van der Waals surface area contributed by atoms with Crippen molar-refractivity contribution < 1.29 is 13.2 Å². The van der Waals surface area contributed by atoms with Crippen molar-refractivity contribution in [3.05, 3.63) is 54.1 Å². The van der Waals surface area contributed by atoms with Crippen LogP contribution in [0, 0.1) is 0 Å². The Kier molecular flexibility index (Phi) is 7.71. The number of piperazine rings is 1. The number of anilines is 1. The molecule has 3 N–H and O–H groups in total. The smallest absolute Gasteiger partial charge is 0.238 e. The Morgan fingerprint density at radius 1 is 1.14 bits per heavy atom. The van der Waals surface area contributed by atoms with Crippen LogP contribution in [0.4, 0.5) is 5.69 Å². The first kappa shape index (κ1) is 22.5. The number of rotatable bonds is 6.